The van der Waals surface area contributed by atoms with Crippen molar-refractivity contribution in [2.75, 3.05) is 27.4 Å². The molecule has 8 nitrogen and oxygen atoms in total. The van der Waals surface area contributed by atoms with Crippen molar-refractivity contribution in [2.45, 2.75) is 19.9 Å². The standard InChI is InChI=1S/C18H22N2O6/c1-10(2)14(18(24)26-4)19-15(21)11-5-6-12-13(9-11)17(23)20(16(12)22)7-8-25-3/h5-6,9-10,14H,7-8H2,1-4H3,(H,19,21)/t14-/m0/s1. The van der Waals surface area contributed by atoms with E-state index in [0.717, 1.165) is 4.90 Å². The second-order valence-corrected chi connectivity index (χ2v) is 6.23. The summed E-state index contributed by atoms with van der Waals surface area (Å²) in [6.07, 6.45) is 0. The van der Waals surface area contributed by atoms with E-state index in [1.807, 2.05) is 0 Å². The first-order valence-corrected chi connectivity index (χ1v) is 8.19. The van der Waals surface area contributed by atoms with Crippen LogP contribution in [0, 0.1) is 5.92 Å². The van der Waals surface area contributed by atoms with E-state index < -0.39 is 29.7 Å². The minimum Gasteiger partial charge on any atom is -0.467 e. The number of amides is 3. The Morgan fingerprint density at radius 1 is 1.12 bits per heavy atom. The largest absolute Gasteiger partial charge is 0.467 e. The molecule has 0 aromatic heterocycles. The van der Waals surface area contributed by atoms with Crippen LogP contribution in [0.25, 0.3) is 0 Å². The van der Waals surface area contributed by atoms with Crippen LogP contribution in [0.1, 0.15) is 44.9 Å². The van der Waals surface area contributed by atoms with Crippen molar-refractivity contribution >= 4 is 23.7 Å². The van der Waals surface area contributed by atoms with Crippen LogP contribution in [-0.2, 0) is 14.3 Å². The van der Waals surface area contributed by atoms with Gasteiger partial charge in [-0.05, 0) is 24.1 Å². The summed E-state index contributed by atoms with van der Waals surface area (Å²) in [4.78, 5) is 50.0. The number of carbonyl (C=O) groups is 4. The first kappa shape index (κ1) is 19.6. The van der Waals surface area contributed by atoms with Gasteiger partial charge in [-0.15, -0.1) is 0 Å². The number of esters is 1. The van der Waals surface area contributed by atoms with Crippen LogP contribution in [0.2, 0.25) is 0 Å². The Kier molecular flexibility index (Phi) is 6.10. The predicted octanol–water partition coefficient (Wildman–Crippen LogP) is 0.856. The fraction of sp³-hybridized carbons (Fsp3) is 0.444. The summed E-state index contributed by atoms with van der Waals surface area (Å²) >= 11 is 0. The Morgan fingerprint density at radius 3 is 2.35 bits per heavy atom. The Morgan fingerprint density at radius 2 is 1.77 bits per heavy atom. The van der Waals surface area contributed by atoms with Gasteiger partial charge in [0.15, 0.2) is 0 Å². The van der Waals surface area contributed by atoms with Crippen LogP contribution < -0.4 is 5.32 Å². The summed E-state index contributed by atoms with van der Waals surface area (Å²) in [5, 5.41) is 2.60. The van der Waals surface area contributed by atoms with Gasteiger partial charge in [0, 0.05) is 12.7 Å². The van der Waals surface area contributed by atoms with Gasteiger partial charge in [0.25, 0.3) is 17.7 Å². The summed E-state index contributed by atoms with van der Waals surface area (Å²) in [6.45, 7) is 3.93. The van der Waals surface area contributed by atoms with Crippen molar-refractivity contribution < 1.29 is 28.7 Å². The minimum atomic E-state index is -0.809. The molecule has 8 heteroatoms. The number of rotatable bonds is 7. The highest BCUT2D eigenvalue weighted by Crippen LogP contribution is 2.24. The number of benzene rings is 1. The lowest BCUT2D eigenvalue weighted by Gasteiger charge is -2.19. The summed E-state index contributed by atoms with van der Waals surface area (Å²) in [6, 6.07) is 3.45. The molecule has 26 heavy (non-hydrogen) atoms. The first-order valence-electron chi connectivity index (χ1n) is 8.19. The van der Waals surface area contributed by atoms with Gasteiger partial charge in [0.05, 0.1) is 31.4 Å². The molecule has 1 aliphatic rings. The van der Waals surface area contributed by atoms with Gasteiger partial charge in [0.1, 0.15) is 6.04 Å². The van der Waals surface area contributed by atoms with E-state index in [9.17, 15) is 19.2 Å². The molecule has 1 N–H and O–H groups in total. The molecule has 1 aromatic carbocycles. The Labute approximate surface area is 151 Å². The third-order valence-corrected chi connectivity index (χ3v) is 4.16. The Balaban J connectivity index is 2.23. The van der Waals surface area contributed by atoms with E-state index >= 15 is 0 Å². The Hall–Kier alpha value is -2.74. The topological polar surface area (TPSA) is 102 Å². The van der Waals surface area contributed by atoms with Crippen LogP contribution in [0.4, 0.5) is 0 Å². The van der Waals surface area contributed by atoms with Gasteiger partial charge in [-0.2, -0.15) is 0 Å². The van der Waals surface area contributed by atoms with Crippen molar-refractivity contribution in [3.05, 3.63) is 34.9 Å². The van der Waals surface area contributed by atoms with E-state index in [0.29, 0.717) is 0 Å². The second-order valence-electron chi connectivity index (χ2n) is 6.23. The van der Waals surface area contributed by atoms with E-state index in [1.54, 1.807) is 13.8 Å². The van der Waals surface area contributed by atoms with Gasteiger partial charge in [-0.25, -0.2) is 4.79 Å². The molecular formula is C18H22N2O6. The molecular weight excluding hydrogens is 340 g/mol. The quantitative estimate of drug-likeness (QED) is 0.570. The number of ether oxygens (including phenoxy) is 2. The van der Waals surface area contributed by atoms with Crippen LogP contribution in [0.5, 0.6) is 0 Å². The number of nitrogens with one attached hydrogen (secondary N) is 1. The van der Waals surface area contributed by atoms with Gasteiger partial charge >= 0.3 is 5.97 Å². The number of imide groups is 1. The molecule has 1 aromatic rings. The van der Waals surface area contributed by atoms with E-state index in [2.05, 4.69) is 5.32 Å². The van der Waals surface area contributed by atoms with Crippen LogP contribution in [0.3, 0.4) is 0 Å². The van der Waals surface area contributed by atoms with E-state index in [4.69, 9.17) is 9.47 Å². The zero-order chi connectivity index (χ0) is 19.4. The van der Waals surface area contributed by atoms with Crippen molar-refractivity contribution in [3.8, 4) is 0 Å². The summed E-state index contributed by atoms with van der Waals surface area (Å²) in [5.41, 5.74) is 0.599. The number of carbonyl (C=O) groups excluding carboxylic acids is 4. The number of fused-ring (bicyclic) bond motifs is 1. The molecule has 0 unspecified atom stereocenters. The van der Waals surface area contributed by atoms with Gasteiger partial charge < -0.3 is 14.8 Å². The van der Waals surface area contributed by atoms with Crippen LogP contribution in [-0.4, -0.2) is 62.0 Å². The van der Waals surface area contributed by atoms with E-state index in [-0.39, 0.29) is 35.8 Å². The molecule has 0 spiro atoms. The van der Waals surface area contributed by atoms with Gasteiger partial charge in [-0.3, -0.25) is 19.3 Å². The Bertz CT molecular complexity index is 743. The average Bonchev–Trinajstić information content (AvgIpc) is 2.87. The molecule has 0 saturated carbocycles. The third-order valence-electron chi connectivity index (χ3n) is 4.16. The zero-order valence-electron chi connectivity index (χ0n) is 15.2. The van der Waals surface area contributed by atoms with Gasteiger partial charge in [-0.1, -0.05) is 13.8 Å². The zero-order valence-corrected chi connectivity index (χ0v) is 15.2. The molecule has 0 radical (unpaired) electrons. The predicted molar refractivity (Wildman–Crippen MR) is 91.8 cm³/mol. The second kappa shape index (κ2) is 8.09. The number of hydrogen-bond acceptors (Lipinski definition) is 6. The maximum Gasteiger partial charge on any atom is 0.328 e. The normalized spacial score (nSPS) is 14.4. The lowest BCUT2D eigenvalue weighted by Crippen LogP contribution is -2.45. The molecule has 1 atom stereocenters. The number of nitrogens with zero attached hydrogens (tertiary/aromatic N) is 1. The molecule has 0 fully saturated rings. The molecule has 0 aliphatic carbocycles. The molecule has 0 bridgehead atoms. The van der Waals surface area contributed by atoms with Crippen molar-refractivity contribution in [2.24, 2.45) is 5.92 Å². The molecule has 1 aliphatic heterocycles. The summed E-state index contributed by atoms with van der Waals surface area (Å²) in [5.74, 6) is -2.12. The molecule has 2 rings (SSSR count). The van der Waals surface area contributed by atoms with Crippen molar-refractivity contribution in [3.63, 3.8) is 0 Å². The van der Waals surface area contributed by atoms with Crippen LogP contribution >= 0.6 is 0 Å². The first-order chi connectivity index (χ1) is 12.3. The SMILES string of the molecule is COCCN1C(=O)c2ccc(C(=O)N[C@H](C(=O)OC)C(C)C)cc2C1=O. The van der Waals surface area contributed by atoms with E-state index in [1.165, 1.54) is 32.4 Å². The molecule has 140 valence electrons. The van der Waals surface area contributed by atoms with Crippen molar-refractivity contribution in [1.29, 1.82) is 0 Å². The average molecular weight is 362 g/mol. The number of methoxy groups -OCH3 is 2. The third kappa shape index (κ3) is 3.75. The maximum absolute atomic E-state index is 12.5. The minimum absolute atomic E-state index is 0.141. The fourth-order valence-corrected chi connectivity index (χ4v) is 2.67. The summed E-state index contributed by atoms with van der Waals surface area (Å²) < 4.78 is 9.60. The summed E-state index contributed by atoms with van der Waals surface area (Å²) in [7, 11) is 2.73. The highest BCUT2D eigenvalue weighted by Gasteiger charge is 2.36. The maximum atomic E-state index is 12.5. The van der Waals surface area contributed by atoms with Crippen LogP contribution in [0.15, 0.2) is 18.2 Å². The van der Waals surface area contributed by atoms with Crippen molar-refractivity contribution in [1.82, 2.24) is 10.2 Å². The van der Waals surface area contributed by atoms with Gasteiger partial charge in [0.2, 0.25) is 0 Å². The highest BCUT2D eigenvalue weighted by atomic mass is 16.5. The molecule has 0 saturated heterocycles. The molecule has 1 heterocycles. The monoisotopic (exact) mass is 362 g/mol. The smallest absolute Gasteiger partial charge is 0.328 e. The molecule has 3 amide bonds. The lowest BCUT2D eigenvalue weighted by atomic mass is 10.0. The fourth-order valence-electron chi connectivity index (χ4n) is 2.67. The lowest BCUT2D eigenvalue weighted by molar-refractivity contribution is -0.144. The highest BCUT2D eigenvalue weighted by molar-refractivity contribution is 6.22. The number of hydrogen-bond donors (Lipinski definition) is 1.